The molecule has 1 aliphatic heterocycles. The van der Waals surface area contributed by atoms with Crippen LogP contribution >= 0.6 is 11.6 Å². The Morgan fingerprint density at radius 3 is 2.80 bits per heavy atom. The van der Waals surface area contributed by atoms with E-state index in [0.717, 1.165) is 5.56 Å². The van der Waals surface area contributed by atoms with Crippen molar-refractivity contribution in [2.75, 3.05) is 10.6 Å². The first kappa shape index (κ1) is 12.7. The van der Waals surface area contributed by atoms with Crippen LogP contribution in [0.5, 0.6) is 5.75 Å². The van der Waals surface area contributed by atoms with Crippen molar-refractivity contribution >= 4 is 29.0 Å². The Bertz CT molecular complexity index is 660. The van der Waals surface area contributed by atoms with Crippen LogP contribution in [0.1, 0.15) is 5.56 Å². The Balaban J connectivity index is 1.81. The lowest BCUT2D eigenvalue weighted by molar-refractivity contribution is -0.117. The van der Waals surface area contributed by atoms with Gasteiger partial charge in [0.05, 0.1) is 6.20 Å². The van der Waals surface area contributed by atoms with Crippen molar-refractivity contribution in [3.63, 3.8) is 0 Å². The number of halogens is 1. The number of amides is 1. The highest BCUT2D eigenvalue weighted by Gasteiger charge is 2.26. The molecule has 102 valence electrons. The number of fused-ring (bicyclic) bond motifs is 1. The van der Waals surface area contributed by atoms with E-state index in [4.69, 9.17) is 11.6 Å². The molecule has 0 bridgehead atoms. The fourth-order valence-electron chi connectivity index (χ4n) is 2.02. The maximum absolute atomic E-state index is 12.0. The molecule has 0 spiro atoms. The second-order valence-corrected chi connectivity index (χ2v) is 4.80. The number of anilines is 2. The maximum atomic E-state index is 12.0. The summed E-state index contributed by atoms with van der Waals surface area (Å²) in [5, 5.41) is 15.1. The molecule has 2 heterocycles. The summed E-state index contributed by atoms with van der Waals surface area (Å²) >= 11 is 5.74. The van der Waals surface area contributed by atoms with Gasteiger partial charge in [-0.25, -0.2) is 4.98 Å². The van der Waals surface area contributed by atoms with E-state index in [1.165, 1.54) is 6.20 Å². The molecule has 20 heavy (non-hydrogen) atoms. The maximum Gasteiger partial charge on any atom is 0.247 e. The number of benzene rings is 1. The first-order valence-corrected chi connectivity index (χ1v) is 6.37. The van der Waals surface area contributed by atoms with Crippen LogP contribution in [0.4, 0.5) is 11.5 Å². The fraction of sp³-hybridized carbons (Fsp3) is 0.154. The first-order valence-electron chi connectivity index (χ1n) is 5.99. The summed E-state index contributed by atoms with van der Waals surface area (Å²) in [6, 6.07) is 6.27. The lowest BCUT2D eigenvalue weighted by Crippen LogP contribution is -2.40. The molecule has 6 nitrogen and oxygen atoms in total. The third kappa shape index (κ3) is 2.50. The molecule has 0 aliphatic carbocycles. The predicted molar refractivity (Wildman–Crippen MR) is 74.9 cm³/mol. The Kier molecular flexibility index (Phi) is 3.15. The highest BCUT2D eigenvalue weighted by Crippen LogP contribution is 2.25. The van der Waals surface area contributed by atoms with Crippen LogP contribution in [0.25, 0.3) is 0 Å². The van der Waals surface area contributed by atoms with Gasteiger partial charge in [-0.2, -0.15) is 4.98 Å². The van der Waals surface area contributed by atoms with E-state index in [-0.39, 0.29) is 16.9 Å². The van der Waals surface area contributed by atoms with Gasteiger partial charge in [-0.3, -0.25) is 4.79 Å². The number of phenolic OH excluding ortho intramolecular Hbond substituents is 1. The molecular formula is C13H11ClN4O2. The monoisotopic (exact) mass is 290 g/mol. The largest absolute Gasteiger partial charge is 0.508 e. The SMILES string of the molecule is O=C1Nc2cnc(Cl)nc2NC1Cc1ccc(O)cc1. The normalized spacial score (nSPS) is 17.1. The van der Waals surface area contributed by atoms with Crippen molar-refractivity contribution in [1.82, 2.24) is 9.97 Å². The highest BCUT2D eigenvalue weighted by atomic mass is 35.5. The second kappa shape index (κ2) is 4.97. The summed E-state index contributed by atoms with van der Waals surface area (Å²) in [6.45, 7) is 0. The molecule has 0 saturated heterocycles. The molecular weight excluding hydrogens is 280 g/mol. The second-order valence-electron chi connectivity index (χ2n) is 4.46. The van der Waals surface area contributed by atoms with Crippen molar-refractivity contribution in [2.24, 2.45) is 0 Å². The molecule has 0 radical (unpaired) electrons. The van der Waals surface area contributed by atoms with Gasteiger partial charge < -0.3 is 15.7 Å². The zero-order chi connectivity index (χ0) is 14.1. The molecule has 1 unspecified atom stereocenters. The number of carbonyl (C=O) groups excluding carboxylic acids is 1. The third-order valence-electron chi connectivity index (χ3n) is 3.02. The molecule has 0 saturated carbocycles. The van der Waals surface area contributed by atoms with E-state index in [1.54, 1.807) is 24.3 Å². The zero-order valence-corrected chi connectivity index (χ0v) is 11.1. The molecule has 1 aromatic carbocycles. The van der Waals surface area contributed by atoms with Gasteiger partial charge in [0.2, 0.25) is 11.2 Å². The molecule has 1 aliphatic rings. The lowest BCUT2D eigenvalue weighted by atomic mass is 10.0. The molecule has 2 aromatic rings. The van der Waals surface area contributed by atoms with Gasteiger partial charge in [-0.15, -0.1) is 0 Å². The number of phenols is 1. The first-order chi connectivity index (χ1) is 9.61. The standard InChI is InChI=1S/C13H11ClN4O2/c14-13-15-6-10-11(18-13)16-9(12(20)17-10)5-7-1-3-8(19)4-2-7/h1-4,6,9,19H,5H2,(H,17,20)(H,15,16,18). The Hall–Kier alpha value is -2.34. The minimum atomic E-state index is -0.446. The van der Waals surface area contributed by atoms with Gasteiger partial charge in [-0.05, 0) is 29.3 Å². The summed E-state index contributed by atoms with van der Waals surface area (Å²) in [4.78, 5) is 19.9. The summed E-state index contributed by atoms with van der Waals surface area (Å²) in [7, 11) is 0. The van der Waals surface area contributed by atoms with Crippen LogP contribution < -0.4 is 10.6 Å². The van der Waals surface area contributed by atoms with Crippen LogP contribution in [0.2, 0.25) is 5.28 Å². The van der Waals surface area contributed by atoms with E-state index in [0.29, 0.717) is 17.9 Å². The third-order valence-corrected chi connectivity index (χ3v) is 3.20. The van der Waals surface area contributed by atoms with Crippen molar-refractivity contribution in [2.45, 2.75) is 12.5 Å². The van der Waals surface area contributed by atoms with Gasteiger partial charge in [-0.1, -0.05) is 12.1 Å². The average molecular weight is 291 g/mol. The number of aromatic nitrogens is 2. The van der Waals surface area contributed by atoms with Gasteiger partial charge in [0.1, 0.15) is 17.5 Å². The number of rotatable bonds is 2. The highest BCUT2D eigenvalue weighted by molar-refractivity contribution is 6.28. The van der Waals surface area contributed by atoms with Crippen molar-refractivity contribution in [1.29, 1.82) is 0 Å². The number of carbonyl (C=O) groups is 1. The fourth-order valence-corrected chi connectivity index (χ4v) is 2.16. The molecule has 1 aromatic heterocycles. The summed E-state index contributed by atoms with van der Waals surface area (Å²) in [6.07, 6.45) is 1.94. The number of hydrogen-bond acceptors (Lipinski definition) is 5. The molecule has 1 amide bonds. The molecule has 7 heteroatoms. The van der Waals surface area contributed by atoms with E-state index in [1.807, 2.05) is 0 Å². The molecule has 3 N–H and O–H groups in total. The minimum absolute atomic E-state index is 0.121. The van der Waals surface area contributed by atoms with E-state index in [9.17, 15) is 9.90 Å². The smallest absolute Gasteiger partial charge is 0.247 e. The predicted octanol–water partition coefficient (Wildman–Crippen LogP) is 1.81. The van der Waals surface area contributed by atoms with Crippen LogP contribution in [0.3, 0.4) is 0 Å². The van der Waals surface area contributed by atoms with Gasteiger partial charge >= 0.3 is 0 Å². The summed E-state index contributed by atoms with van der Waals surface area (Å²) < 4.78 is 0. The van der Waals surface area contributed by atoms with Crippen LogP contribution in [0.15, 0.2) is 30.5 Å². The quantitative estimate of drug-likeness (QED) is 0.734. The van der Waals surface area contributed by atoms with Crippen molar-refractivity contribution in [3.8, 4) is 5.75 Å². The molecule has 3 rings (SSSR count). The van der Waals surface area contributed by atoms with Gasteiger partial charge in [0, 0.05) is 6.42 Å². The Morgan fingerprint density at radius 1 is 1.30 bits per heavy atom. The Morgan fingerprint density at radius 2 is 2.05 bits per heavy atom. The van der Waals surface area contributed by atoms with Gasteiger partial charge in [0.25, 0.3) is 0 Å². The topological polar surface area (TPSA) is 87.1 Å². The number of nitrogens with zero attached hydrogens (tertiary/aromatic N) is 2. The number of aromatic hydroxyl groups is 1. The summed E-state index contributed by atoms with van der Waals surface area (Å²) in [5.41, 5.74) is 1.44. The lowest BCUT2D eigenvalue weighted by Gasteiger charge is -2.25. The van der Waals surface area contributed by atoms with Crippen LogP contribution in [-0.2, 0) is 11.2 Å². The van der Waals surface area contributed by atoms with Crippen LogP contribution in [-0.4, -0.2) is 27.0 Å². The van der Waals surface area contributed by atoms with Crippen LogP contribution in [0, 0.1) is 0 Å². The van der Waals surface area contributed by atoms with E-state index < -0.39 is 6.04 Å². The van der Waals surface area contributed by atoms with E-state index >= 15 is 0 Å². The minimum Gasteiger partial charge on any atom is -0.508 e. The zero-order valence-electron chi connectivity index (χ0n) is 10.3. The van der Waals surface area contributed by atoms with Crippen molar-refractivity contribution in [3.05, 3.63) is 41.3 Å². The Labute approximate surface area is 119 Å². The van der Waals surface area contributed by atoms with Gasteiger partial charge in [0.15, 0.2) is 5.82 Å². The van der Waals surface area contributed by atoms with Crippen molar-refractivity contribution < 1.29 is 9.90 Å². The number of hydrogen-bond donors (Lipinski definition) is 3. The summed E-state index contributed by atoms with van der Waals surface area (Å²) in [5.74, 6) is 0.546. The molecule has 1 atom stereocenters. The molecule has 0 fully saturated rings. The average Bonchev–Trinajstić information content (AvgIpc) is 2.42. The van der Waals surface area contributed by atoms with E-state index in [2.05, 4.69) is 20.6 Å². The number of nitrogens with one attached hydrogen (secondary N) is 2.